The van der Waals surface area contributed by atoms with E-state index in [4.69, 9.17) is 0 Å². The molecule has 2 rings (SSSR count). The third-order valence-electron chi connectivity index (χ3n) is 3.00. The van der Waals surface area contributed by atoms with Crippen molar-refractivity contribution in [1.82, 2.24) is 0 Å². The Morgan fingerprint density at radius 2 is 1.32 bits per heavy atom. The molecular weight excluding hydrogens is 236 g/mol. The van der Waals surface area contributed by atoms with Gasteiger partial charge in [0.25, 0.3) is 0 Å². The Morgan fingerprint density at radius 1 is 0.789 bits per heavy atom. The van der Waals surface area contributed by atoms with Crippen molar-refractivity contribution in [3.05, 3.63) is 71.3 Å². The maximum atomic E-state index is 12.4. The fourth-order valence-electron chi connectivity index (χ4n) is 1.95. The SMILES string of the molecule is CC(C)C(=O)c1ccccc1C(=O)c1ccccc1. The van der Waals surface area contributed by atoms with Crippen LogP contribution in [0.5, 0.6) is 0 Å². The minimum atomic E-state index is -0.121. The molecule has 0 unspecified atom stereocenters. The summed E-state index contributed by atoms with van der Waals surface area (Å²) in [5.74, 6) is -0.227. The van der Waals surface area contributed by atoms with Crippen LogP contribution < -0.4 is 0 Å². The minimum absolute atomic E-state index is 0.000110. The van der Waals surface area contributed by atoms with Gasteiger partial charge in [0.2, 0.25) is 0 Å². The molecule has 2 aromatic carbocycles. The molecule has 0 heterocycles. The topological polar surface area (TPSA) is 34.1 Å². The molecule has 0 saturated carbocycles. The van der Waals surface area contributed by atoms with Crippen molar-refractivity contribution in [1.29, 1.82) is 0 Å². The standard InChI is InChI=1S/C17H16O2/c1-12(2)16(18)14-10-6-7-11-15(14)17(19)13-8-4-3-5-9-13/h3-12H,1-2H3. The number of carbonyl (C=O) groups is 2. The molecule has 0 aliphatic carbocycles. The van der Waals surface area contributed by atoms with Crippen molar-refractivity contribution in [3.8, 4) is 0 Å². The molecule has 0 N–H and O–H groups in total. The van der Waals surface area contributed by atoms with Crippen LogP contribution in [0.2, 0.25) is 0 Å². The van der Waals surface area contributed by atoms with E-state index in [2.05, 4.69) is 0 Å². The predicted molar refractivity (Wildman–Crippen MR) is 75.5 cm³/mol. The first-order valence-corrected chi connectivity index (χ1v) is 6.34. The van der Waals surface area contributed by atoms with Crippen LogP contribution in [0.4, 0.5) is 0 Å². The highest BCUT2D eigenvalue weighted by molar-refractivity contribution is 6.15. The summed E-state index contributed by atoms with van der Waals surface area (Å²) in [6.07, 6.45) is 0. The number of hydrogen-bond acceptors (Lipinski definition) is 2. The molecule has 0 spiro atoms. The van der Waals surface area contributed by atoms with Crippen molar-refractivity contribution >= 4 is 11.6 Å². The summed E-state index contributed by atoms with van der Waals surface area (Å²) in [6, 6.07) is 16.0. The molecule has 2 heteroatoms. The van der Waals surface area contributed by atoms with Gasteiger partial charge in [-0.15, -0.1) is 0 Å². The monoisotopic (exact) mass is 252 g/mol. The van der Waals surface area contributed by atoms with E-state index in [1.807, 2.05) is 32.0 Å². The van der Waals surface area contributed by atoms with E-state index in [1.165, 1.54) is 0 Å². The average molecular weight is 252 g/mol. The molecule has 0 bridgehead atoms. The van der Waals surface area contributed by atoms with Crippen LogP contribution in [-0.4, -0.2) is 11.6 Å². The highest BCUT2D eigenvalue weighted by atomic mass is 16.1. The number of ketones is 2. The van der Waals surface area contributed by atoms with Gasteiger partial charge in [0, 0.05) is 22.6 Å². The first-order valence-electron chi connectivity index (χ1n) is 6.34. The number of rotatable bonds is 4. The van der Waals surface area contributed by atoms with Gasteiger partial charge < -0.3 is 0 Å². The van der Waals surface area contributed by atoms with Gasteiger partial charge in [-0.2, -0.15) is 0 Å². The second-order valence-electron chi connectivity index (χ2n) is 4.76. The lowest BCUT2D eigenvalue weighted by atomic mass is 9.92. The summed E-state index contributed by atoms with van der Waals surface area (Å²) in [5.41, 5.74) is 1.59. The van der Waals surface area contributed by atoms with Crippen LogP contribution in [0, 0.1) is 5.92 Å². The van der Waals surface area contributed by atoms with E-state index in [1.54, 1.807) is 36.4 Å². The lowest BCUT2D eigenvalue weighted by Gasteiger charge is -2.09. The van der Waals surface area contributed by atoms with Crippen LogP contribution in [-0.2, 0) is 0 Å². The van der Waals surface area contributed by atoms with Crippen molar-refractivity contribution in [2.24, 2.45) is 5.92 Å². The largest absolute Gasteiger partial charge is 0.294 e. The van der Waals surface area contributed by atoms with Gasteiger partial charge in [0.05, 0.1) is 0 Å². The van der Waals surface area contributed by atoms with Crippen LogP contribution in [0.1, 0.15) is 40.1 Å². The second-order valence-corrected chi connectivity index (χ2v) is 4.76. The van der Waals surface area contributed by atoms with Gasteiger partial charge in [-0.25, -0.2) is 0 Å². The molecule has 0 aliphatic heterocycles. The van der Waals surface area contributed by atoms with Crippen LogP contribution in [0.3, 0.4) is 0 Å². The average Bonchev–Trinajstić information content (AvgIpc) is 2.46. The zero-order valence-electron chi connectivity index (χ0n) is 11.1. The van der Waals surface area contributed by atoms with Crippen LogP contribution in [0.25, 0.3) is 0 Å². The molecule has 96 valence electrons. The molecule has 0 fully saturated rings. The highest BCUT2D eigenvalue weighted by Gasteiger charge is 2.19. The van der Waals surface area contributed by atoms with E-state index in [9.17, 15) is 9.59 Å². The Kier molecular flexibility index (Phi) is 3.91. The number of Topliss-reactive ketones (excluding diaryl/α,β-unsaturated/α-hetero) is 1. The third kappa shape index (κ3) is 2.79. The van der Waals surface area contributed by atoms with Gasteiger partial charge in [0.1, 0.15) is 0 Å². The Balaban J connectivity index is 2.46. The quantitative estimate of drug-likeness (QED) is 0.776. The molecule has 0 amide bonds. The van der Waals surface area contributed by atoms with Crippen LogP contribution in [0.15, 0.2) is 54.6 Å². The molecule has 0 saturated heterocycles. The normalized spacial score (nSPS) is 10.5. The predicted octanol–water partition coefficient (Wildman–Crippen LogP) is 3.76. The number of carbonyl (C=O) groups excluding carboxylic acids is 2. The first-order chi connectivity index (χ1) is 9.11. The van der Waals surface area contributed by atoms with Crippen molar-refractivity contribution < 1.29 is 9.59 Å². The fraction of sp³-hybridized carbons (Fsp3) is 0.176. The van der Waals surface area contributed by atoms with Gasteiger partial charge in [-0.1, -0.05) is 68.4 Å². The Bertz CT molecular complexity index is 598. The van der Waals surface area contributed by atoms with Gasteiger partial charge in [-0.05, 0) is 0 Å². The highest BCUT2D eigenvalue weighted by Crippen LogP contribution is 2.18. The minimum Gasteiger partial charge on any atom is -0.294 e. The van der Waals surface area contributed by atoms with E-state index in [0.29, 0.717) is 16.7 Å². The molecule has 0 atom stereocenters. The van der Waals surface area contributed by atoms with Gasteiger partial charge in [0.15, 0.2) is 11.6 Å². The number of benzene rings is 2. The fourth-order valence-corrected chi connectivity index (χ4v) is 1.95. The molecule has 0 aromatic heterocycles. The third-order valence-corrected chi connectivity index (χ3v) is 3.00. The second kappa shape index (κ2) is 5.61. The summed E-state index contributed by atoms with van der Waals surface area (Å²) in [4.78, 5) is 24.6. The van der Waals surface area contributed by atoms with Crippen molar-refractivity contribution in [2.75, 3.05) is 0 Å². The summed E-state index contributed by atoms with van der Waals surface area (Å²) in [7, 11) is 0. The summed E-state index contributed by atoms with van der Waals surface area (Å²) >= 11 is 0. The zero-order chi connectivity index (χ0) is 13.8. The Labute approximate surface area is 113 Å². The molecule has 0 aliphatic rings. The van der Waals surface area contributed by atoms with Crippen LogP contribution >= 0.6 is 0 Å². The summed E-state index contributed by atoms with van der Waals surface area (Å²) < 4.78 is 0. The molecular formula is C17H16O2. The maximum Gasteiger partial charge on any atom is 0.193 e. The lowest BCUT2D eigenvalue weighted by Crippen LogP contribution is -2.14. The molecule has 2 aromatic rings. The van der Waals surface area contributed by atoms with E-state index in [0.717, 1.165) is 0 Å². The van der Waals surface area contributed by atoms with Gasteiger partial charge >= 0.3 is 0 Å². The van der Waals surface area contributed by atoms with E-state index >= 15 is 0 Å². The smallest absolute Gasteiger partial charge is 0.193 e. The summed E-state index contributed by atoms with van der Waals surface area (Å²) in [5, 5.41) is 0. The molecule has 19 heavy (non-hydrogen) atoms. The van der Waals surface area contributed by atoms with E-state index in [-0.39, 0.29) is 17.5 Å². The number of hydrogen-bond donors (Lipinski definition) is 0. The lowest BCUT2D eigenvalue weighted by molar-refractivity contribution is 0.0929. The molecule has 2 nitrogen and oxygen atoms in total. The molecule has 0 radical (unpaired) electrons. The first kappa shape index (κ1) is 13.2. The Hall–Kier alpha value is -2.22. The van der Waals surface area contributed by atoms with Crippen molar-refractivity contribution in [3.63, 3.8) is 0 Å². The zero-order valence-corrected chi connectivity index (χ0v) is 11.1. The maximum absolute atomic E-state index is 12.4. The van der Waals surface area contributed by atoms with Crippen molar-refractivity contribution in [2.45, 2.75) is 13.8 Å². The Morgan fingerprint density at radius 3 is 1.89 bits per heavy atom. The summed E-state index contributed by atoms with van der Waals surface area (Å²) in [6.45, 7) is 3.68. The van der Waals surface area contributed by atoms with Gasteiger partial charge in [-0.3, -0.25) is 9.59 Å². The van der Waals surface area contributed by atoms with E-state index < -0.39 is 0 Å².